The average Bonchev–Trinajstić information content (AvgIpc) is 2.66. The number of fused-ring (bicyclic) bond motifs is 2. The highest BCUT2D eigenvalue weighted by molar-refractivity contribution is 7.98. The van der Waals surface area contributed by atoms with Gasteiger partial charge in [0.25, 0.3) is 0 Å². The van der Waals surface area contributed by atoms with Gasteiger partial charge in [0, 0.05) is 16.6 Å². The van der Waals surface area contributed by atoms with E-state index in [1.165, 1.54) is 34.4 Å². The van der Waals surface area contributed by atoms with E-state index in [0.29, 0.717) is 5.92 Å². The molecule has 1 heteroatoms. The van der Waals surface area contributed by atoms with Gasteiger partial charge in [-0.3, -0.25) is 0 Å². The quantitative estimate of drug-likeness (QED) is 0.596. The molecule has 2 aromatic carbocycles. The van der Waals surface area contributed by atoms with E-state index in [0.717, 1.165) is 5.75 Å². The number of hydrogen-bond donors (Lipinski definition) is 0. The normalized spacial score (nSPS) is 16.2. The number of rotatable bonds is 1. The summed E-state index contributed by atoms with van der Waals surface area (Å²) in [5.74, 6) is 1.61. The number of unbranched alkanes of at least 4 members (excludes halogenated alkanes) is 1. The molecule has 0 nitrogen and oxygen atoms in total. The average molecular weight is 284 g/mol. The Kier molecular flexibility index (Phi) is 5.72. The highest BCUT2D eigenvalue weighted by atomic mass is 32.2. The second-order valence-electron chi connectivity index (χ2n) is 5.25. The van der Waals surface area contributed by atoms with Crippen LogP contribution in [0.4, 0.5) is 0 Å². The minimum Gasteiger partial charge on any atom is -0.121 e. The van der Waals surface area contributed by atoms with Crippen molar-refractivity contribution < 1.29 is 0 Å². The predicted octanol–water partition coefficient (Wildman–Crippen LogP) is 6.25. The topological polar surface area (TPSA) is 0 Å². The first-order valence-corrected chi connectivity index (χ1v) is 8.56. The van der Waals surface area contributed by atoms with Gasteiger partial charge in [-0.1, -0.05) is 76.1 Å². The second-order valence-corrected chi connectivity index (χ2v) is 6.26. The summed E-state index contributed by atoms with van der Waals surface area (Å²) in [6.45, 7) is 6.67. The molecular formula is C19H24S. The molecule has 1 atom stereocenters. The SMILES string of the molecule is CC1c2ccccc2CSc2ccccc21.CCCC. The van der Waals surface area contributed by atoms with E-state index in [1.807, 2.05) is 11.8 Å². The Bertz CT molecular complexity index is 495. The van der Waals surface area contributed by atoms with Gasteiger partial charge in [0.1, 0.15) is 0 Å². The first-order chi connectivity index (χ1) is 9.77. The molecule has 0 radical (unpaired) electrons. The van der Waals surface area contributed by atoms with Crippen molar-refractivity contribution in [2.75, 3.05) is 0 Å². The summed E-state index contributed by atoms with van der Waals surface area (Å²) < 4.78 is 0. The lowest BCUT2D eigenvalue weighted by molar-refractivity contribution is 0.886. The molecule has 0 aliphatic carbocycles. The number of benzene rings is 2. The summed E-state index contributed by atoms with van der Waals surface area (Å²) in [7, 11) is 0. The van der Waals surface area contributed by atoms with Crippen molar-refractivity contribution in [2.45, 2.75) is 50.2 Å². The molecule has 106 valence electrons. The van der Waals surface area contributed by atoms with Gasteiger partial charge in [-0.25, -0.2) is 0 Å². The van der Waals surface area contributed by atoms with E-state index in [9.17, 15) is 0 Å². The van der Waals surface area contributed by atoms with Crippen molar-refractivity contribution in [3.63, 3.8) is 0 Å². The van der Waals surface area contributed by atoms with E-state index in [-0.39, 0.29) is 0 Å². The first-order valence-electron chi connectivity index (χ1n) is 7.57. The van der Waals surface area contributed by atoms with E-state index in [1.54, 1.807) is 0 Å². The maximum Gasteiger partial charge on any atom is 0.0235 e. The Hall–Kier alpha value is -1.21. The minimum atomic E-state index is 0.516. The van der Waals surface area contributed by atoms with Crippen LogP contribution in [-0.4, -0.2) is 0 Å². The fourth-order valence-electron chi connectivity index (χ4n) is 2.38. The molecule has 0 bridgehead atoms. The highest BCUT2D eigenvalue weighted by Crippen LogP contribution is 2.39. The second kappa shape index (κ2) is 7.54. The van der Waals surface area contributed by atoms with Gasteiger partial charge in [0.05, 0.1) is 0 Å². The molecule has 1 aliphatic rings. The van der Waals surface area contributed by atoms with Crippen LogP contribution >= 0.6 is 11.8 Å². The van der Waals surface area contributed by atoms with Gasteiger partial charge < -0.3 is 0 Å². The molecule has 2 aromatic rings. The fourth-order valence-corrected chi connectivity index (χ4v) is 3.54. The van der Waals surface area contributed by atoms with E-state index in [4.69, 9.17) is 0 Å². The molecule has 1 unspecified atom stereocenters. The van der Waals surface area contributed by atoms with Crippen LogP contribution in [0.25, 0.3) is 0 Å². The van der Waals surface area contributed by atoms with Crippen LogP contribution in [0.3, 0.4) is 0 Å². The summed E-state index contributed by atoms with van der Waals surface area (Å²) in [6, 6.07) is 17.6. The lowest BCUT2D eigenvalue weighted by Gasteiger charge is -2.14. The van der Waals surface area contributed by atoms with E-state index in [2.05, 4.69) is 69.3 Å². The van der Waals surface area contributed by atoms with Crippen LogP contribution in [-0.2, 0) is 5.75 Å². The van der Waals surface area contributed by atoms with Gasteiger partial charge in [-0.05, 0) is 22.8 Å². The summed E-state index contributed by atoms with van der Waals surface area (Å²) >= 11 is 1.96. The van der Waals surface area contributed by atoms with Crippen molar-refractivity contribution >= 4 is 11.8 Å². The third-order valence-electron chi connectivity index (χ3n) is 3.79. The monoisotopic (exact) mass is 284 g/mol. The van der Waals surface area contributed by atoms with Gasteiger partial charge >= 0.3 is 0 Å². The fraction of sp³-hybridized carbons (Fsp3) is 0.368. The smallest absolute Gasteiger partial charge is 0.0235 e. The van der Waals surface area contributed by atoms with Crippen LogP contribution in [0.15, 0.2) is 53.4 Å². The lowest BCUT2D eigenvalue weighted by atomic mass is 9.90. The summed E-state index contributed by atoms with van der Waals surface area (Å²) in [6.07, 6.45) is 2.64. The molecule has 1 heterocycles. The molecule has 0 saturated heterocycles. The Balaban J connectivity index is 0.000000328. The van der Waals surface area contributed by atoms with Crippen molar-refractivity contribution in [1.82, 2.24) is 0 Å². The summed E-state index contributed by atoms with van der Waals surface area (Å²) in [5, 5.41) is 0. The Labute approximate surface area is 127 Å². The van der Waals surface area contributed by atoms with Crippen molar-refractivity contribution in [2.24, 2.45) is 0 Å². The van der Waals surface area contributed by atoms with Crippen LogP contribution in [0.2, 0.25) is 0 Å². The standard InChI is InChI=1S/C15H14S.C4H10/c1-11-13-7-3-2-6-12(13)10-16-15-9-5-4-8-14(11)15;1-3-4-2/h2-9,11H,10H2,1H3;3-4H2,1-2H3. The summed E-state index contributed by atoms with van der Waals surface area (Å²) in [5.41, 5.74) is 4.44. The van der Waals surface area contributed by atoms with Gasteiger partial charge in [0.2, 0.25) is 0 Å². The van der Waals surface area contributed by atoms with Crippen LogP contribution < -0.4 is 0 Å². The van der Waals surface area contributed by atoms with Gasteiger partial charge in [0.15, 0.2) is 0 Å². The zero-order valence-corrected chi connectivity index (χ0v) is 13.5. The highest BCUT2D eigenvalue weighted by Gasteiger charge is 2.19. The van der Waals surface area contributed by atoms with Crippen molar-refractivity contribution in [3.8, 4) is 0 Å². The molecule has 0 aromatic heterocycles. The maximum absolute atomic E-state index is 2.31. The predicted molar refractivity (Wildman–Crippen MR) is 90.5 cm³/mol. The lowest BCUT2D eigenvalue weighted by Crippen LogP contribution is -1.98. The Morgan fingerprint density at radius 2 is 1.50 bits per heavy atom. The summed E-state index contributed by atoms with van der Waals surface area (Å²) in [4.78, 5) is 1.44. The minimum absolute atomic E-state index is 0.516. The number of thioether (sulfide) groups is 1. The van der Waals surface area contributed by atoms with Crippen molar-refractivity contribution in [3.05, 3.63) is 65.2 Å². The van der Waals surface area contributed by atoms with Crippen LogP contribution in [0, 0.1) is 0 Å². The molecular weight excluding hydrogens is 260 g/mol. The van der Waals surface area contributed by atoms with E-state index < -0.39 is 0 Å². The molecule has 20 heavy (non-hydrogen) atoms. The molecule has 0 amide bonds. The van der Waals surface area contributed by atoms with Crippen LogP contribution in [0.5, 0.6) is 0 Å². The molecule has 0 spiro atoms. The third-order valence-corrected chi connectivity index (χ3v) is 4.93. The zero-order valence-electron chi connectivity index (χ0n) is 12.7. The Morgan fingerprint density at radius 1 is 0.900 bits per heavy atom. The molecule has 0 fully saturated rings. The first kappa shape index (κ1) is 15.2. The Morgan fingerprint density at radius 3 is 2.20 bits per heavy atom. The molecule has 0 saturated carbocycles. The molecule has 0 N–H and O–H groups in total. The van der Waals surface area contributed by atoms with E-state index >= 15 is 0 Å². The molecule has 1 aliphatic heterocycles. The van der Waals surface area contributed by atoms with Crippen LogP contribution in [0.1, 0.15) is 56.2 Å². The van der Waals surface area contributed by atoms with Gasteiger partial charge in [-0.15, -0.1) is 11.8 Å². The third kappa shape index (κ3) is 3.46. The maximum atomic E-state index is 2.31. The largest absolute Gasteiger partial charge is 0.121 e. The zero-order chi connectivity index (χ0) is 14.4. The molecule has 3 rings (SSSR count). The van der Waals surface area contributed by atoms with Gasteiger partial charge in [-0.2, -0.15) is 0 Å². The number of hydrogen-bond acceptors (Lipinski definition) is 1. The van der Waals surface area contributed by atoms with Crippen molar-refractivity contribution in [1.29, 1.82) is 0 Å².